The van der Waals surface area contributed by atoms with Crippen molar-refractivity contribution in [2.24, 2.45) is 5.92 Å². The molecule has 0 spiro atoms. The number of thiophene rings is 1. The van der Waals surface area contributed by atoms with E-state index in [1.54, 1.807) is 37.3 Å². The summed E-state index contributed by atoms with van der Waals surface area (Å²) < 4.78 is 10.5. The van der Waals surface area contributed by atoms with Crippen LogP contribution in [0.2, 0.25) is 0 Å². The Balaban J connectivity index is 1.62. The standard InChI is InChI=1S/C19H23N3O4S/c1-25-14-7-8-15(16(11-14)26-2)20-18(23)13-5-3-9-22(12-13)19(24)21-17-6-4-10-27-17/h4,6-8,10-11,13H,3,5,9,12H2,1-2H3,(H,20,23)(H,21,24). The molecule has 1 aromatic carbocycles. The van der Waals surface area contributed by atoms with Gasteiger partial charge in [-0.25, -0.2) is 4.79 Å². The van der Waals surface area contributed by atoms with E-state index in [4.69, 9.17) is 9.47 Å². The van der Waals surface area contributed by atoms with Crippen LogP contribution in [0.1, 0.15) is 12.8 Å². The second-order valence-electron chi connectivity index (χ2n) is 6.25. The fourth-order valence-corrected chi connectivity index (χ4v) is 3.65. The van der Waals surface area contributed by atoms with E-state index in [0.29, 0.717) is 30.3 Å². The lowest BCUT2D eigenvalue weighted by molar-refractivity contribution is -0.121. The lowest BCUT2D eigenvalue weighted by Gasteiger charge is -2.32. The van der Waals surface area contributed by atoms with Gasteiger partial charge >= 0.3 is 6.03 Å². The number of methoxy groups -OCH3 is 2. The summed E-state index contributed by atoms with van der Waals surface area (Å²) in [7, 11) is 3.12. The smallest absolute Gasteiger partial charge is 0.322 e. The molecule has 1 unspecified atom stereocenters. The predicted molar refractivity (Wildman–Crippen MR) is 106 cm³/mol. The van der Waals surface area contributed by atoms with Crippen molar-refractivity contribution < 1.29 is 19.1 Å². The number of hydrogen-bond donors (Lipinski definition) is 2. The molecule has 2 N–H and O–H groups in total. The van der Waals surface area contributed by atoms with E-state index in [1.165, 1.54) is 11.3 Å². The molecule has 27 heavy (non-hydrogen) atoms. The van der Waals surface area contributed by atoms with Gasteiger partial charge in [-0.05, 0) is 42.5 Å². The summed E-state index contributed by atoms with van der Waals surface area (Å²) in [5.41, 5.74) is 0.587. The average molecular weight is 389 g/mol. The summed E-state index contributed by atoms with van der Waals surface area (Å²) in [6, 6.07) is 8.80. The summed E-state index contributed by atoms with van der Waals surface area (Å²) in [5.74, 6) is 0.802. The van der Waals surface area contributed by atoms with E-state index in [0.717, 1.165) is 17.8 Å². The van der Waals surface area contributed by atoms with Gasteiger partial charge in [-0.3, -0.25) is 10.1 Å². The van der Waals surface area contributed by atoms with E-state index in [2.05, 4.69) is 10.6 Å². The van der Waals surface area contributed by atoms with Gasteiger partial charge < -0.3 is 19.7 Å². The van der Waals surface area contributed by atoms with Gasteiger partial charge in [-0.15, -0.1) is 11.3 Å². The molecule has 2 heterocycles. The average Bonchev–Trinajstić information content (AvgIpc) is 3.21. The first kappa shape index (κ1) is 19.0. The molecule has 8 heteroatoms. The molecule has 1 saturated heterocycles. The summed E-state index contributed by atoms with van der Waals surface area (Å²) >= 11 is 1.47. The van der Waals surface area contributed by atoms with E-state index in [-0.39, 0.29) is 17.9 Å². The van der Waals surface area contributed by atoms with Crippen molar-refractivity contribution in [1.29, 1.82) is 0 Å². The van der Waals surface area contributed by atoms with Gasteiger partial charge in [0, 0.05) is 19.2 Å². The third-order valence-electron chi connectivity index (χ3n) is 4.50. The number of urea groups is 1. The summed E-state index contributed by atoms with van der Waals surface area (Å²) in [6.45, 7) is 1.04. The van der Waals surface area contributed by atoms with Gasteiger partial charge in [0.1, 0.15) is 11.5 Å². The molecule has 144 valence electrons. The Hall–Kier alpha value is -2.74. The number of hydrogen-bond acceptors (Lipinski definition) is 5. The number of carbonyl (C=O) groups excluding carboxylic acids is 2. The molecule has 2 aromatic rings. The number of benzene rings is 1. The van der Waals surface area contributed by atoms with Crippen LogP contribution in [0.3, 0.4) is 0 Å². The highest BCUT2D eigenvalue weighted by Crippen LogP contribution is 2.30. The van der Waals surface area contributed by atoms with Gasteiger partial charge in [-0.2, -0.15) is 0 Å². The third-order valence-corrected chi connectivity index (χ3v) is 5.28. The molecule has 1 aliphatic heterocycles. The molecule has 7 nitrogen and oxygen atoms in total. The van der Waals surface area contributed by atoms with Crippen LogP contribution in [0.5, 0.6) is 11.5 Å². The molecule has 3 rings (SSSR count). The highest BCUT2D eigenvalue weighted by Gasteiger charge is 2.29. The quantitative estimate of drug-likeness (QED) is 0.818. The zero-order valence-electron chi connectivity index (χ0n) is 15.4. The van der Waals surface area contributed by atoms with Crippen molar-refractivity contribution in [3.8, 4) is 11.5 Å². The molecule has 1 atom stereocenters. The van der Waals surface area contributed by atoms with Crippen LogP contribution in [0.4, 0.5) is 15.5 Å². The van der Waals surface area contributed by atoms with Gasteiger partial charge in [0.25, 0.3) is 0 Å². The lowest BCUT2D eigenvalue weighted by atomic mass is 9.97. The van der Waals surface area contributed by atoms with Crippen molar-refractivity contribution in [3.05, 3.63) is 35.7 Å². The van der Waals surface area contributed by atoms with Gasteiger partial charge in [-0.1, -0.05) is 0 Å². The largest absolute Gasteiger partial charge is 0.497 e. The highest BCUT2D eigenvalue weighted by atomic mass is 32.1. The minimum Gasteiger partial charge on any atom is -0.497 e. The number of carbonyl (C=O) groups is 2. The Morgan fingerprint density at radius 1 is 1.19 bits per heavy atom. The Morgan fingerprint density at radius 2 is 2.04 bits per heavy atom. The molecular formula is C19H23N3O4S. The zero-order valence-corrected chi connectivity index (χ0v) is 16.2. The fraction of sp³-hybridized carbons (Fsp3) is 0.368. The maximum atomic E-state index is 12.7. The van der Waals surface area contributed by atoms with Gasteiger partial charge in [0.05, 0.1) is 30.8 Å². The van der Waals surface area contributed by atoms with Crippen LogP contribution in [0, 0.1) is 5.92 Å². The number of likely N-dealkylation sites (tertiary alicyclic amines) is 1. The summed E-state index contributed by atoms with van der Waals surface area (Å²) in [5, 5.41) is 8.49. The summed E-state index contributed by atoms with van der Waals surface area (Å²) in [6.07, 6.45) is 1.53. The Labute approximate surface area is 162 Å². The molecule has 0 radical (unpaired) electrons. The van der Waals surface area contributed by atoms with Crippen molar-refractivity contribution in [2.45, 2.75) is 12.8 Å². The van der Waals surface area contributed by atoms with E-state index in [1.807, 2.05) is 17.5 Å². The topological polar surface area (TPSA) is 79.9 Å². The highest BCUT2D eigenvalue weighted by molar-refractivity contribution is 7.14. The first-order valence-electron chi connectivity index (χ1n) is 8.73. The van der Waals surface area contributed by atoms with Crippen LogP contribution in [0.25, 0.3) is 0 Å². The van der Waals surface area contributed by atoms with Crippen LogP contribution in [-0.2, 0) is 4.79 Å². The molecule has 1 aliphatic rings. The SMILES string of the molecule is COc1ccc(NC(=O)C2CCCN(C(=O)Nc3cccs3)C2)c(OC)c1. The van der Waals surface area contributed by atoms with Crippen LogP contribution in [-0.4, -0.2) is 44.1 Å². The van der Waals surface area contributed by atoms with E-state index in [9.17, 15) is 9.59 Å². The Kier molecular flexibility index (Phi) is 6.18. The van der Waals surface area contributed by atoms with Gasteiger partial charge in [0.15, 0.2) is 0 Å². The maximum Gasteiger partial charge on any atom is 0.322 e. The number of amides is 3. The van der Waals surface area contributed by atoms with Gasteiger partial charge in [0.2, 0.25) is 5.91 Å². The van der Waals surface area contributed by atoms with Crippen LogP contribution in [0.15, 0.2) is 35.7 Å². The molecule has 1 aromatic heterocycles. The number of nitrogens with zero attached hydrogens (tertiary/aromatic N) is 1. The lowest BCUT2D eigenvalue weighted by Crippen LogP contribution is -2.45. The van der Waals surface area contributed by atoms with Crippen molar-refractivity contribution in [2.75, 3.05) is 37.9 Å². The second kappa shape index (κ2) is 8.77. The number of rotatable bonds is 5. The number of nitrogens with one attached hydrogen (secondary N) is 2. The van der Waals surface area contributed by atoms with Crippen LogP contribution < -0.4 is 20.1 Å². The molecule has 3 amide bonds. The molecule has 0 aliphatic carbocycles. The fourth-order valence-electron chi connectivity index (χ4n) is 3.05. The predicted octanol–water partition coefficient (Wildman–Crippen LogP) is 3.65. The molecule has 1 fully saturated rings. The van der Waals surface area contributed by atoms with Crippen LogP contribution >= 0.6 is 11.3 Å². The molecular weight excluding hydrogens is 366 g/mol. The maximum absolute atomic E-state index is 12.7. The normalized spacial score (nSPS) is 16.5. The zero-order chi connectivity index (χ0) is 19.2. The number of ether oxygens (including phenoxy) is 2. The first-order chi connectivity index (χ1) is 13.1. The number of anilines is 2. The third kappa shape index (κ3) is 4.71. The molecule has 0 saturated carbocycles. The Morgan fingerprint density at radius 3 is 2.74 bits per heavy atom. The summed E-state index contributed by atoms with van der Waals surface area (Å²) in [4.78, 5) is 26.8. The second-order valence-corrected chi connectivity index (χ2v) is 7.20. The van der Waals surface area contributed by atoms with E-state index < -0.39 is 0 Å². The monoisotopic (exact) mass is 389 g/mol. The van der Waals surface area contributed by atoms with E-state index >= 15 is 0 Å². The minimum absolute atomic E-state index is 0.118. The van der Waals surface area contributed by atoms with Crippen molar-refractivity contribution in [1.82, 2.24) is 4.90 Å². The minimum atomic E-state index is -0.264. The first-order valence-corrected chi connectivity index (χ1v) is 9.61. The Bertz CT molecular complexity index is 794. The number of piperidine rings is 1. The van der Waals surface area contributed by atoms with Crippen molar-refractivity contribution in [3.63, 3.8) is 0 Å². The molecule has 0 bridgehead atoms. The van der Waals surface area contributed by atoms with Crippen molar-refractivity contribution >= 4 is 34.0 Å².